The number of benzene rings is 4. The highest BCUT2D eigenvalue weighted by Gasteiger charge is 2.35. The van der Waals surface area contributed by atoms with Crippen LogP contribution in [0.2, 0.25) is 0 Å². The molecule has 1 aliphatic rings. The summed E-state index contributed by atoms with van der Waals surface area (Å²) in [6, 6.07) is 25.5. The van der Waals surface area contributed by atoms with E-state index in [4.69, 9.17) is 9.47 Å². The zero-order valence-corrected chi connectivity index (χ0v) is 24.4. The molecule has 1 saturated heterocycles. The Labute approximate surface area is 242 Å². The van der Waals surface area contributed by atoms with Crippen molar-refractivity contribution in [3.05, 3.63) is 109 Å². The van der Waals surface area contributed by atoms with Gasteiger partial charge >= 0.3 is 0 Å². The minimum absolute atomic E-state index is 0.213. The first-order valence-electron chi connectivity index (χ1n) is 12.0. The standard InChI is InChI=1S/C30H23Br2NO4S/c1-2-36-24-15-22(26(31)27(32)28(24)37-18-19-9-4-3-5-10-19)16-25-29(34)33(30(35)38-25)17-21-13-8-12-20-11-6-7-14-23(20)21/h3-16H,2,17-18H2,1H3/b25-16-. The molecule has 5 rings (SSSR count). The fraction of sp³-hybridized carbons (Fsp3) is 0.133. The Bertz CT molecular complexity index is 1550. The highest BCUT2D eigenvalue weighted by molar-refractivity contribution is 9.13. The molecular weight excluding hydrogens is 630 g/mol. The molecule has 0 radical (unpaired) electrons. The van der Waals surface area contributed by atoms with Gasteiger partial charge in [-0.05, 0) is 90.2 Å². The topological polar surface area (TPSA) is 55.8 Å². The highest BCUT2D eigenvalue weighted by atomic mass is 79.9. The lowest BCUT2D eigenvalue weighted by Gasteiger charge is -2.17. The smallest absolute Gasteiger partial charge is 0.293 e. The number of nitrogens with zero attached hydrogens (tertiary/aromatic N) is 1. The van der Waals surface area contributed by atoms with Crippen LogP contribution in [0.4, 0.5) is 4.79 Å². The minimum atomic E-state index is -0.321. The van der Waals surface area contributed by atoms with E-state index in [0.29, 0.717) is 44.1 Å². The fourth-order valence-corrected chi connectivity index (χ4v) is 5.99. The van der Waals surface area contributed by atoms with Crippen LogP contribution >= 0.6 is 43.6 Å². The average molecular weight is 653 g/mol. The number of imide groups is 1. The third-order valence-corrected chi connectivity index (χ3v) is 9.10. The van der Waals surface area contributed by atoms with Crippen molar-refractivity contribution >= 4 is 71.6 Å². The van der Waals surface area contributed by atoms with E-state index in [0.717, 1.165) is 33.7 Å². The van der Waals surface area contributed by atoms with Gasteiger partial charge in [0, 0.05) is 4.47 Å². The number of rotatable bonds is 8. The Balaban J connectivity index is 1.42. The third-order valence-electron chi connectivity index (χ3n) is 6.05. The maximum atomic E-state index is 13.3. The first kappa shape index (κ1) is 26.5. The molecule has 4 aromatic carbocycles. The Kier molecular flexibility index (Phi) is 8.21. The highest BCUT2D eigenvalue weighted by Crippen LogP contribution is 2.45. The molecule has 0 bridgehead atoms. The lowest BCUT2D eigenvalue weighted by atomic mass is 10.0. The molecule has 2 amide bonds. The predicted molar refractivity (Wildman–Crippen MR) is 159 cm³/mol. The van der Waals surface area contributed by atoms with E-state index >= 15 is 0 Å². The van der Waals surface area contributed by atoms with Gasteiger partial charge in [0.05, 0.1) is 22.5 Å². The normalized spacial score (nSPS) is 14.5. The second-order valence-corrected chi connectivity index (χ2v) is 11.1. The van der Waals surface area contributed by atoms with Crippen LogP contribution in [-0.4, -0.2) is 22.7 Å². The Morgan fingerprint density at radius 1 is 0.895 bits per heavy atom. The largest absolute Gasteiger partial charge is 0.490 e. The number of carbonyl (C=O) groups is 2. The van der Waals surface area contributed by atoms with Gasteiger partial charge in [-0.2, -0.15) is 0 Å². The van der Waals surface area contributed by atoms with E-state index in [1.54, 1.807) is 6.08 Å². The van der Waals surface area contributed by atoms with E-state index in [1.807, 2.05) is 85.8 Å². The monoisotopic (exact) mass is 651 g/mol. The van der Waals surface area contributed by atoms with E-state index in [1.165, 1.54) is 4.90 Å². The molecule has 0 spiro atoms. The van der Waals surface area contributed by atoms with Gasteiger partial charge in [-0.3, -0.25) is 14.5 Å². The summed E-state index contributed by atoms with van der Waals surface area (Å²) in [5.41, 5.74) is 2.65. The summed E-state index contributed by atoms with van der Waals surface area (Å²) in [7, 11) is 0. The molecule has 0 saturated carbocycles. The van der Waals surface area contributed by atoms with Gasteiger partial charge in [0.2, 0.25) is 0 Å². The molecule has 192 valence electrons. The molecule has 1 heterocycles. The molecule has 38 heavy (non-hydrogen) atoms. The quantitative estimate of drug-likeness (QED) is 0.179. The minimum Gasteiger partial charge on any atom is -0.490 e. The number of fused-ring (bicyclic) bond motifs is 1. The van der Waals surface area contributed by atoms with Crippen molar-refractivity contribution in [1.29, 1.82) is 0 Å². The van der Waals surface area contributed by atoms with E-state index in [9.17, 15) is 9.59 Å². The van der Waals surface area contributed by atoms with Crippen LogP contribution in [0.3, 0.4) is 0 Å². The molecule has 0 unspecified atom stereocenters. The molecular formula is C30H23Br2NO4S. The number of hydrogen-bond acceptors (Lipinski definition) is 5. The van der Waals surface area contributed by atoms with Crippen molar-refractivity contribution in [1.82, 2.24) is 4.90 Å². The van der Waals surface area contributed by atoms with Gasteiger partial charge < -0.3 is 9.47 Å². The summed E-state index contributed by atoms with van der Waals surface area (Å²) in [6.45, 7) is 2.93. The number of amides is 2. The van der Waals surface area contributed by atoms with Crippen LogP contribution in [0.1, 0.15) is 23.6 Å². The molecule has 4 aromatic rings. The predicted octanol–water partition coefficient (Wildman–Crippen LogP) is 8.58. The van der Waals surface area contributed by atoms with Crippen molar-refractivity contribution in [3.63, 3.8) is 0 Å². The summed E-state index contributed by atoms with van der Waals surface area (Å²) < 4.78 is 13.4. The van der Waals surface area contributed by atoms with E-state index in [2.05, 4.69) is 31.9 Å². The average Bonchev–Trinajstić information content (AvgIpc) is 3.19. The molecule has 0 atom stereocenters. The van der Waals surface area contributed by atoms with Gasteiger partial charge in [-0.15, -0.1) is 0 Å². The van der Waals surface area contributed by atoms with Crippen molar-refractivity contribution in [2.24, 2.45) is 0 Å². The van der Waals surface area contributed by atoms with E-state index < -0.39 is 0 Å². The van der Waals surface area contributed by atoms with Crippen LogP contribution in [0.15, 0.2) is 92.7 Å². The summed E-state index contributed by atoms with van der Waals surface area (Å²) in [5.74, 6) is 0.779. The molecule has 5 nitrogen and oxygen atoms in total. The lowest BCUT2D eigenvalue weighted by Crippen LogP contribution is -2.27. The maximum Gasteiger partial charge on any atom is 0.293 e. The van der Waals surface area contributed by atoms with Crippen LogP contribution in [-0.2, 0) is 17.9 Å². The first-order valence-corrected chi connectivity index (χ1v) is 14.4. The summed E-state index contributed by atoms with van der Waals surface area (Å²) in [5, 5.41) is 1.80. The number of carbonyl (C=O) groups excluding carboxylic acids is 2. The Morgan fingerprint density at radius 3 is 2.42 bits per heavy atom. The van der Waals surface area contributed by atoms with E-state index in [-0.39, 0.29) is 17.7 Å². The Morgan fingerprint density at radius 2 is 1.63 bits per heavy atom. The van der Waals surface area contributed by atoms with Crippen LogP contribution in [0, 0.1) is 0 Å². The lowest BCUT2D eigenvalue weighted by molar-refractivity contribution is -0.123. The molecule has 0 N–H and O–H groups in total. The molecule has 1 fully saturated rings. The van der Waals surface area contributed by atoms with Crippen molar-refractivity contribution in [3.8, 4) is 11.5 Å². The molecule has 0 aromatic heterocycles. The third kappa shape index (κ3) is 5.53. The van der Waals surface area contributed by atoms with Crippen molar-refractivity contribution < 1.29 is 19.1 Å². The fourth-order valence-electron chi connectivity index (χ4n) is 4.21. The number of halogens is 2. The van der Waals surface area contributed by atoms with Crippen molar-refractivity contribution in [2.75, 3.05) is 6.61 Å². The van der Waals surface area contributed by atoms with Crippen LogP contribution in [0.5, 0.6) is 11.5 Å². The second-order valence-electron chi connectivity index (χ2n) is 8.53. The Hall–Kier alpha value is -3.07. The first-order chi connectivity index (χ1) is 18.5. The zero-order chi connectivity index (χ0) is 26.6. The summed E-state index contributed by atoms with van der Waals surface area (Å²) in [4.78, 5) is 27.9. The number of thioether (sulfide) groups is 1. The molecule has 0 aliphatic carbocycles. The number of ether oxygens (including phenoxy) is 2. The van der Waals surface area contributed by atoms with Crippen LogP contribution in [0.25, 0.3) is 16.8 Å². The van der Waals surface area contributed by atoms with Crippen LogP contribution < -0.4 is 9.47 Å². The van der Waals surface area contributed by atoms with Gasteiger partial charge in [0.15, 0.2) is 11.5 Å². The SMILES string of the molecule is CCOc1cc(/C=C2\SC(=O)N(Cc3cccc4ccccc34)C2=O)c(Br)c(Br)c1OCc1ccccc1. The maximum absolute atomic E-state index is 13.3. The molecule has 1 aliphatic heterocycles. The van der Waals surface area contributed by atoms with Crippen molar-refractivity contribution in [2.45, 2.75) is 20.1 Å². The van der Waals surface area contributed by atoms with Gasteiger partial charge in [-0.1, -0.05) is 72.8 Å². The summed E-state index contributed by atoms with van der Waals surface area (Å²) >= 11 is 8.20. The number of hydrogen-bond donors (Lipinski definition) is 0. The van der Waals surface area contributed by atoms with Gasteiger partial charge in [0.25, 0.3) is 11.1 Å². The summed E-state index contributed by atoms with van der Waals surface area (Å²) in [6.07, 6.45) is 1.71. The second kappa shape index (κ2) is 11.8. The molecule has 8 heteroatoms. The van der Waals surface area contributed by atoms with Gasteiger partial charge in [-0.25, -0.2) is 0 Å². The van der Waals surface area contributed by atoms with Gasteiger partial charge in [0.1, 0.15) is 6.61 Å². The zero-order valence-electron chi connectivity index (χ0n) is 20.4.